The summed E-state index contributed by atoms with van der Waals surface area (Å²) in [6, 6.07) is 0.533. The molecule has 1 aliphatic carbocycles. The highest BCUT2D eigenvalue weighted by Gasteiger charge is 2.35. The smallest absolute Gasteiger partial charge is 0.407 e. The minimum absolute atomic E-state index is 0.225. The van der Waals surface area contributed by atoms with Crippen LogP contribution in [0.2, 0.25) is 0 Å². The molecule has 0 bridgehead atoms. The van der Waals surface area contributed by atoms with Gasteiger partial charge in [0.15, 0.2) is 0 Å². The van der Waals surface area contributed by atoms with Gasteiger partial charge in [0.05, 0.1) is 0 Å². The van der Waals surface area contributed by atoms with Crippen molar-refractivity contribution in [3.8, 4) is 0 Å². The van der Waals surface area contributed by atoms with Gasteiger partial charge in [0.2, 0.25) is 0 Å². The fraction of sp³-hybridized carbons (Fsp3) is 0.889. The average molecular weight is 184 g/mol. The Hall–Kier alpha value is -0.770. The van der Waals surface area contributed by atoms with Crippen molar-refractivity contribution in [3.05, 3.63) is 0 Å². The summed E-state index contributed by atoms with van der Waals surface area (Å²) >= 11 is 0. The first-order valence-electron chi connectivity index (χ1n) is 5.01. The van der Waals surface area contributed by atoms with Crippen LogP contribution in [0.3, 0.4) is 0 Å². The molecule has 0 aromatic heterocycles. The predicted molar refractivity (Wildman–Crippen MR) is 48.8 cm³/mol. The summed E-state index contributed by atoms with van der Waals surface area (Å²) in [7, 11) is 0. The fourth-order valence-corrected chi connectivity index (χ4v) is 2.15. The highest BCUT2D eigenvalue weighted by atomic mass is 16.4. The predicted octanol–water partition coefficient (Wildman–Crippen LogP) is 0.881. The van der Waals surface area contributed by atoms with E-state index in [1.165, 1.54) is 6.42 Å². The Labute approximate surface area is 77.9 Å². The molecule has 2 aliphatic rings. The molecule has 1 heterocycles. The van der Waals surface area contributed by atoms with Gasteiger partial charge in [-0.3, -0.25) is 0 Å². The third-order valence-electron chi connectivity index (χ3n) is 3.12. The second kappa shape index (κ2) is 3.54. The highest BCUT2D eigenvalue weighted by Crippen LogP contribution is 2.27. The minimum Gasteiger partial charge on any atom is -0.465 e. The van der Waals surface area contributed by atoms with Crippen molar-refractivity contribution in [2.45, 2.75) is 37.8 Å². The summed E-state index contributed by atoms with van der Waals surface area (Å²) in [5.41, 5.74) is 0. The van der Waals surface area contributed by atoms with Crippen molar-refractivity contribution >= 4 is 6.09 Å². The number of carbonyl (C=O) groups is 1. The Kier molecular flexibility index (Phi) is 2.40. The van der Waals surface area contributed by atoms with Gasteiger partial charge >= 0.3 is 6.09 Å². The highest BCUT2D eigenvalue weighted by molar-refractivity contribution is 5.66. The molecule has 2 fully saturated rings. The zero-order valence-electron chi connectivity index (χ0n) is 7.70. The van der Waals surface area contributed by atoms with E-state index >= 15 is 0 Å². The van der Waals surface area contributed by atoms with E-state index in [9.17, 15) is 4.79 Å². The second-order valence-corrected chi connectivity index (χ2v) is 3.92. The van der Waals surface area contributed by atoms with Gasteiger partial charge in [-0.15, -0.1) is 0 Å². The molecule has 4 heteroatoms. The maximum atomic E-state index is 11.0. The lowest BCUT2D eigenvalue weighted by atomic mass is 9.90. The number of nitrogens with zero attached hydrogens (tertiary/aromatic N) is 1. The van der Waals surface area contributed by atoms with Crippen LogP contribution >= 0.6 is 0 Å². The first-order chi connectivity index (χ1) is 6.29. The molecule has 0 radical (unpaired) electrons. The summed E-state index contributed by atoms with van der Waals surface area (Å²) in [5, 5.41) is 12.3. The van der Waals surface area contributed by atoms with E-state index in [4.69, 9.17) is 5.11 Å². The van der Waals surface area contributed by atoms with E-state index in [0.29, 0.717) is 6.04 Å². The SMILES string of the molecule is O=C(O)N(C1CCC1)[C@@H]1CCNC1. The van der Waals surface area contributed by atoms with Gasteiger partial charge in [0.1, 0.15) is 0 Å². The average Bonchev–Trinajstić information content (AvgIpc) is 2.46. The monoisotopic (exact) mass is 184 g/mol. The molecule has 1 saturated heterocycles. The fourth-order valence-electron chi connectivity index (χ4n) is 2.15. The number of rotatable bonds is 2. The molecule has 0 aromatic carbocycles. The van der Waals surface area contributed by atoms with Crippen LogP contribution in [0.1, 0.15) is 25.7 Å². The van der Waals surface area contributed by atoms with Crippen molar-refractivity contribution in [1.82, 2.24) is 10.2 Å². The molecule has 74 valence electrons. The molecule has 2 N–H and O–H groups in total. The largest absolute Gasteiger partial charge is 0.465 e. The van der Waals surface area contributed by atoms with Crippen molar-refractivity contribution in [3.63, 3.8) is 0 Å². The van der Waals surface area contributed by atoms with Crippen LogP contribution in [0.15, 0.2) is 0 Å². The van der Waals surface area contributed by atoms with Gasteiger partial charge in [-0.1, -0.05) is 0 Å². The quantitative estimate of drug-likeness (QED) is 0.670. The van der Waals surface area contributed by atoms with E-state index in [-0.39, 0.29) is 6.04 Å². The van der Waals surface area contributed by atoms with Crippen LogP contribution in [0, 0.1) is 0 Å². The summed E-state index contributed by atoms with van der Waals surface area (Å²) < 4.78 is 0. The lowest BCUT2D eigenvalue weighted by Crippen LogP contribution is -2.50. The van der Waals surface area contributed by atoms with Crippen LogP contribution in [0.25, 0.3) is 0 Å². The van der Waals surface area contributed by atoms with E-state index < -0.39 is 6.09 Å². The Bertz CT molecular complexity index is 198. The van der Waals surface area contributed by atoms with Gasteiger partial charge < -0.3 is 15.3 Å². The minimum atomic E-state index is -0.738. The standard InChI is InChI=1S/C9H16N2O2/c12-9(13)11(7-2-1-3-7)8-4-5-10-6-8/h7-8,10H,1-6H2,(H,12,13)/t8-/m1/s1. The van der Waals surface area contributed by atoms with E-state index in [2.05, 4.69) is 5.32 Å². The number of carboxylic acid groups (broad SMARTS) is 1. The number of amides is 1. The number of hydrogen-bond acceptors (Lipinski definition) is 2. The van der Waals surface area contributed by atoms with Gasteiger partial charge in [0.25, 0.3) is 0 Å². The Balaban J connectivity index is 1.98. The van der Waals surface area contributed by atoms with Crippen molar-refractivity contribution < 1.29 is 9.90 Å². The zero-order chi connectivity index (χ0) is 9.26. The van der Waals surface area contributed by atoms with Crippen LogP contribution in [-0.2, 0) is 0 Å². The Morgan fingerprint density at radius 3 is 2.46 bits per heavy atom. The summed E-state index contributed by atoms with van der Waals surface area (Å²) in [6.07, 6.45) is 3.54. The van der Waals surface area contributed by atoms with Crippen LogP contribution in [0.4, 0.5) is 4.79 Å². The van der Waals surface area contributed by atoms with Crippen LogP contribution in [-0.4, -0.2) is 41.3 Å². The molecular formula is C9H16N2O2. The lowest BCUT2D eigenvalue weighted by Gasteiger charge is -2.39. The maximum absolute atomic E-state index is 11.0. The lowest BCUT2D eigenvalue weighted by molar-refractivity contribution is 0.0742. The third-order valence-corrected chi connectivity index (χ3v) is 3.12. The molecule has 1 aliphatic heterocycles. The van der Waals surface area contributed by atoms with E-state index in [1.54, 1.807) is 4.90 Å². The van der Waals surface area contributed by atoms with Crippen molar-refractivity contribution in [2.75, 3.05) is 13.1 Å². The van der Waals surface area contributed by atoms with Gasteiger partial charge in [-0.2, -0.15) is 0 Å². The first-order valence-corrected chi connectivity index (χ1v) is 5.01. The van der Waals surface area contributed by atoms with Crippen molar-refractivity contribution in [1.29, 1.82) is 0 Å². The Morgan fingerprint density at radius 1 is 1.31 bits per heavy atom. The molecule has 1 amide bonds. The van der Waals surface area contributed by atoms with Gasteiger partial charge in [-0.05, 0) is 32.2 Å². The van der Waals surface area contributed by atoms with E-state index in [0.717, 1.165) is 32.4 Å². The summed E-state index contributed by atoms with van der Waals surface area (Å²) in [6.45, 7) is 1.80. The molecule has 13 heavy (non-hydrogen) atoms. The van der Waals surface area contributed by atoms with E-state index in [1.807, 2.05) is 0 Å². The molecule has 0 spiro atoms. The molecular weight excluding hydrogens is 168 g/mol. The topological polar surface area (TPSA) is 52.6 Å². The Morgan fingerprint density at radius 2 is 2.08 bits per heavy atom. The van der Waals surface area contributed by atoms with Crippen molar-refractivity contribution in [2.24, 2.45) is 0 Å². The third kappa shape index (κ3) is 1.63. The second-order valence-electron chi connectivity index (χ2n) is 3.92. The maximum Gasteiger partial charge on any atom is 0.407 e. The van der Waals surface area contributed by atoms with Gasteiger partial charge in [0, 0.05) is 18.6 Å². The van der Waals surface area contributed by atoms with Gasteiger partial charge in [-0.25, -0.2) is 4.79 Å². The zero-order valence-corrected chi connectivity index (χ0v) is 7.70. The first kappa shape index (κ1) is 8.81. The van der Waals surface area contributed by atoms with Crippen LogP contribution in [0.5, 0.6) is 0 Å². The molecule has 2 rings (SSSR count). The summed E-state index contributed by atoms with van der Waals surface area (Å²) in [4.78, 5) is 12.7. The number of hydrogen-bond donors (Lipinski definition) is 2. The number of nitrogens with one attached hydrogen (secondary N) is 1. The van der Waals surface area contributed by atoms with Crippen LogP contribution < -0.4 is 5.32 Å². The molecule has 0 unspecified atom stereocenters. The molecule has 0 aromatic rings. The summed E-state index contributed by atoms with van der Waals surface area (Å²) in [5.74, 6) is 0. The molecule has 1 atom stereocenters. The molecule has 4 nitrogen and oxygen atoms in total. The normalized spacial score (nSPS) is 28.5. The molecule has 1 saturated carbocycles.